The van der Waals surface area contributed by atoms with Gasteiger partial charge in [0, 0.05) is 13.0 Å². The molecule has 0 spiro atoms. The van der Waals surface area contributed by atoms with Gasteiger partial charge in [-0.3, -0.25) is 34.2 Å². The molecule has 37 heavy (non-hydrogen) atoms. The van der Waals surface area contributed by atoms with E-state index in [1.165, 1.54) is 18.2 Å². The van der Waals surface area contributed by atoms with Gasteiger partial charge in [-0.1, -0.05) is 6.07 Å². The Morgan fingerprint density at radius 3 is 2.57 bits per heavy atom. The molecule has 3 aliphatic rings. The molecule has 0 saturated carbocycles. The summed E-state index contributed by atoms with van der Waals surface area (Å²) in [6, 6.07) is 3.40. The number of hydrogen-bond acceptors (Lipinski definition) is 9. The third-order valence-corrected chi connectivity index (χ3v) is 6.22. The summed E-state index contributed by atoms with van der Waals surface area (Å²) in [6.07, 6.45) is 2.35. The Bertz CT molecular complexity index is 1030. The molecule has 13 heteroatoms. The molecule has 2 fully saturated rings. The lowest BCUT2D eigenvalue weighted by Crippen LogP contribution is -2.54. The molecule has 0 bridgehead atoms. The van der Waals surface area contributed by atoms with E-state index in [2.05, 4.69) is 16.0 Å². The molecule has 1 aromatic carbocycles. The quantitative estimate of drug-likeness (QED) is 0.256. The third-order valence-electron chi connectivity index (χ3n) is 6.22. The highest BCUT2D eigenvalue weighted by Crippen LogP contribution is 2.33. The average Bonchev–Trinajstić information content (AvgIpc) is 3.13. The smallest absolute Gasteiger partial charge is 0.266 e. The van der Waals surface area contributed by atoms with Gasteiger partial charge in [0.2, 0.25) is 11.8 Å². The third kappa shape index (κ3) is 7.04. The summed E-state index contributed by atoms with van der Waals surface area (Å²) in [4.78, 5) is 62.5. The summed E-state index contributed by atoms with van der Waals surface area (Å²) in [7, 11) is 0. The Morgan fingerprint density at radius 1 is 1.03 bits per heavy atom. The number of halogens is 1. The molecular weight excluding hydrogens is 508 g/mol. The normalized spacial score (nSPS) is 19.8. The van der Waals surface area contributed by atoms with Crippen LogP contribution in [0, 0.1) is 0 Å². The van der Waals surface area contributed by atoms with Gasteiger partial charge in [-0.15, -0.1) is 12.4 Å². The Balaban J connectivity index is 0.00000380. The summed E-state index contributed by atoms with van der Waals surface area (Å²) < 4.78 is 16.8. The van der Waals surface area contributed by atoms with E-state index in [1.54, 1.807) is 0 Å². The zero-order valence-corrected chi connectivity index (χ0v) is 21.1. The lowest BCUT2D eigenvalue weighted by molar-refractivity contribution is -0.136. The van der Waals surface area contributed by atoms with Crippen molar-refractivity contribution in [2.24, 2.45) is 0 Å². The Hall–Kier alpha value is -3.06. The van der Waals surface area contributed by atoms with E-state index in [9.17, 15) is 24.0 Å². The number of ether oxygens (including phenoxy) is 3. The van der Waals surface area contributed by atoms with Crippen LogP contribution in [0.3, 0.4) is 0 Å². The van der Waals surface area contributed by atoms with Crippen LogP contribution in [0.1, 0.15) is 46.4 Å². The molecule has 0 aromatic heterocycles. The number of rotatable bonds is 11. The summed E-state index contributed by atoms with van der Waals surface area (Å²) in [5.74, 6) is -2.81. The molecule has 2 saturated heterocycles. The summed E-state index contributed by atoms with van der Waals surface area (Å²) in [6.45, 7) is 3.10. The van der Waals surface area contributed by atoms with Crippen molar-refractivity contribution in [3.63, 3.8) is 0 Å². The second-order valence-electron chi connectivity index (χ2n) is 8.70. The molecule has 1 atom stereocenters. The van der Waals surface area contributed by atoms with Crippen LogP contribution in [0.25, 0.3) is 0 Å². The first-order valence-electron chi connectivity index (χ1n) is 12.1. The van der Waals surface area contributed by atoms with Gasteiger partial charge in [0.25, 0.3) is 17.7 Å². The van der Waals surface area contributed by atoms with E-state index < -0.39 is 35.6 Å². The molecule has 1 unspecified atom stereocenters. The van der Waals surface area contributed by atoms with Gasteiger partial charge < -0.3 is 24.8 Å². The number of fused-ring (bicyclic) bond motifs is 1. The van der Waals surface area contributed by atoms with Crippen LogP contribution in [0.4, 0.5) is 0 Å². The minimum absolute atomic E-state index is 0. The van der Waals surface area contributed by atoms with Crippen LogP contribution in [0.5, 0.6) is 5.75 Å². The highest BCUT2D eigenvalue weighted by atomic mass is 35.5. The second kappa shape index (κ2) is 13.5. The van der Waals surface area contributed by atoms with Crippen LogP contribution in [-0.2, 0) is 23.9 Å². The Morgan fingerprint density at radius 2 is 1.81 bits per heavy atom. The number of amides is 5. The van der Waals surface area contributed by atoms with Gasteiger partial charge in [-0.2, -0.15) is 0 Å². The fraction of sp³-hybridized carbons (Fsp3) is 0.542. The van der Waals surface area contributed by atoms with Gasteiger partial charge in [-0.25, -0.2) is 0 Å². The van der Waals surface area contributed by atoms with Crippen molar-refractivity contribution < 1.29 is 38.2 Å². The summed E-state index contributed by atoms with van der Waals surface area (Å²) in [5.41, 5.74) is 0.0831. The number of imide groups is 2. The topological polar surface area (TPSA) is 152 Å². The molecule has 202 valence electrons. The lowest BCUT2D eigenvalue weighted by Gasteiger charge is -2.27. The maximum Gasteiger partial charge on any atom is 0.266 e. The number of nitrogens with one attached hydrogen (secondary N) is 3. The molecule has 4 rings (SSSR count). The first-order chi connectivity index (χ1) is 17.5. The van der Waals surface area contributed by atoms with Gasteiger partial charge in [-0.05, 0) is 44.5 Å². The van der Waals surface area contributed by atoms with E-state index in [1.807, 2.05) is 0 Å². The molecular formula is C24H31ClN4O8. The SMILES string of the molecule is Cl.O=C(COc1cccc2c1C(=O)N(C1CCC(=O)NC1=O)C2=O)NCCOCCOC1CCNCC1. The molecule has 3 N–H and O–H groups in total. The first kappa shape index (κ1) is 28.5. The number of piperidine rings is 2. The molecule has 0 aliphatic carbocycles. The Kier molecular flexibility index (Phi) is 10.4. The summed E-state index contributed by atoms with van der Waals surface area (Å²) >= 11 is 0. The highest BCUT2D eigenvalue weighted by Gasteiger charge is 2.46. The largest absolute Gasteiger partial charge is 0.483 e. The van der Waals surface area contributed by atoms with Crippen LogP contribution in [-0.4, -0.2) is 92.6 Å². The van der Waals surface area contributed by atoms with E-state index in [-0.39, 0.29) is 61.4 Å². The molecule has 3 heterocycles. The maximum atomic E-state index is 13.0. The number of carbonyl (C=O) groups excluding carboxylic acids is 5. The molecule has 1 aromatic rings. The fourth-order valence-corrected chi connectivity index (χ4v) is 4.40. The predicted octanol–water partition coefficient (Wildman–Crippen LogP) is -0.210. The van der Waals surface area contributed by atoms with Gasteiger partial charge >= 0.3 is 0 Å². The van der Waals surface area contributed by atoms with E-state index in [0.717, 1.165) is 30.8 Å². The van der Waals surface area contributed by atoms with Crippen LogP contribution >= 0.6 is 12.4 Å². The van der Waals surface area contributed by atoms with Gasteiger partial charge in [0.1, 0.15) is 11.8 Å². The van der Waals surface area contributed by atoms with Gasteiger partial charge in [0.15, 0.2) is 6.61 Å². The fourth-order valence-electron chi connectivity index (χ4n) is 4.40. The minimum Gasteiger partial charge on any atom is -0.483 e. The van der Waals surface area contributed by atoms with Gasteiger partial charge in [0.05, 0.1) is 37.1 Å². The van der Waals surface area contributed by atoms with Crippen molar-refractivity contribution in [1.29, 1.82) is 0 Å². The van der Waals surface area contributed by atoms with Crippen LogP contribution in [0.2, 0.25) is 0 Å². The van der Waals surface area contributed by atoms with Crippen molar-refractivity contribution in [2.45, 2.75) is 37.8 Å². The Labute approximate surface area is 220 Å². The number of carbonyl (C=O) groups is 5. The monoisotopic (exact) mass is 538 g/mol. The second-order valence-corrected chi connectivity index (χ2v) is 8.70. The van der Waals surface area contributed by atoms with E-state index in [0.29, 0.717) is 19.8 Å². The van der Waals surface area contributed by atoms with E-state index in [4.69, 9.17) is 14.2 Å². The van der Waals surface area contributed by atoms with E-state index >= 15 is 0 Å². The van der Waals surface area contributed by atoms with Crippen molar-refractivity contribution in [3.8, 4) is 5.75 Å². The van der Waals surface area contributed by atoms with Crippen LogP contribution in [0.15, 0.2) is 18.2 Å². The minimum atomic E-state index is -1.07. The zero-order valence-electron chi connectivity index (χ0n) is 20.3. The first-order valence-corrected chi connectivity index (χ1v) is 12.1. The number of nitrogens with zero attached hydrogens (tertiary/aromatic N) is 1. The lowest BCUT2D eigenvalue weighted by atomic mass is 10.0. The highest BCUT2D eigenvalue weighted by molar-refractivity contribution is 6.24. The van der Waals surface area contributed by atoms with Crippen molar-refractivity contribution in [1.82, 2.24) is 20.9 Å². The standard InChI is InChI=1S/C24H30N4O8.ClH/c29-19-5-4-17(22(31)27-19)28-23(32)16-2-1-3-18(21(16)24(28)33)36-14-20(30)26-10-11-34-12-13-35-15-6-8-25-9-7-15;/h1-3,15,17,25H,4-14H2,(H,26,30)(H,27,29,31);1H. The van der Waals surface area contributed by atoms with Crippen molar-refractivity contribution in [2.75, 3.05) is 46.1 Å². The predicted molar refractivity (Wildman–Crippen MR) is 132 cm³/mol. The average molecular weight is 539 g/mol. The maximum absolute atomic E-state index is 13.0. The van der Waals surface area contributed by atoms with Crippen molar-refractivity contribution >= 4 is 41.9 Å². The van der Waals surface area contributed by atoms with Crippen molar-refractivity contribution in [3.05, 3.63) is 29.3 Å². The molecule has 5 amide bonds. The summed E-state index contributed by atoms with van der Waals surface area (Å²) in [5, 5.41) is 8.10. The molecule has 0 radical (unpaired) electrons. The number of benzene rings is 1. The molecule has 12 nitrogen and oxygen atoms in total. The molecule has 3 aliphatic heterocycles. The van der Waals surface area contributed by atoms with Crippen LogP contribution < -0.4 is 20.7 Å². The zero-order chi connectivity index (χ0) is 25.5. The number of hydrogen-bond donors (Lipinski definition) is 3.